The summed E-state index contributed by atoms with van der Waals surface area (Å²) in [4.78, 5) is 28.7. The number of aliphatic hydroxyl groups is 1. The predicted octanol–water partition coefficient (Wildman–Crippen LogP) is 5.56. The zero-order chi connectivity index (χ0) is 23.7. The Bertz CT molecular complexity index is 1250. The molecule has 0 saturated carbocycles. The first-order valence-corrected chi connectivity index (χ1v) is 11.5. The Labute approximate surface area is 196 Å². The van der Waals surface area contributed by atoms with E-state index in [0.29, 0.717) is 34.2 Å². The second kappa shape index (κ2) is 9.11. The summed E-state index contributed by atoms with van der Waals surface area (Å²) in [5.74, 6) is -0.482. The Morgan fingerprint density at radius 3 is 2.52 bits per heavy atom. The molecular weight excluding hydrogens is 438 g/mol. The van der Waals surface area contributed by atoms with Gasteiger partial charge in [-0.15, -0.1) is 11.3 Å². The predicted molar refractivity (Wildman–Crippen MR) is 129 cm³/mol. The van der Waals surface area contributed by atoms with E-state index in [1.54, 1.807) is 42.8 Å². The topological polar surface area (TPSA) is 76.1 Å². The van der Waals surface area contributed by atoms with Crippen molar-refractivity contribution in [3.63, 3.8) is 0 Å². The van der Waals surface area contributed by atoms with Crippen LogP contribution in [-0.4, -0.2) is 30.5 Å². The van der Waals surface area contributed by atoms with Crippen LogP contribution in [0.25, 0.3) is 0 Å². The van der Waals surface area contributed by atoms with Gasteiger partial charge in [0.1, 0.15) is 0 Å². The lowest BCUT2D eigenvalue weighted by Gasteiger charge is -2.28. The van der Waals surface area contributed by atoms with Gasteiger partial charge in [-0.1, -0.05) is 18.2 Å². The van der Waals surface area contributed by atoms with Crippen LogP contribution in [0.3, 0.4) is 0 Å². The van der Waals surface area contributed by atoms with Gasteiger partial charge in [0.15, 0.2) is 17.3 Å². The van der Waals surface area contributed by atoms with Crippen molar-refractivity contribution in [2.24, 2.45) is 0 Å². The van der Waals surface area contributed by atoms with Crippen LogP contribution >= 0.6 is 11.3 Å². The first-order chi connectivity index (χ1) is 15.9. The van der Waals surface area contributed by atoms with Crippen LogP contribution in [0.5, 0.6) is 11.5 Å². The Morgan fingerprint density at radius 2 is 1.88 bits per heavy atom. The van der Waals surface area contributed by atoms with Crippen molar-refractivity contribution in [3.8, 4) is 11.5 Å². The number of hydrogen-bond donors (Lipinski definition) is 1. The van der Waals surface area contributed by atoms with Gasteiger partial charge in [0.25, 0.3) is 5.91 Å². The molecule has 170 valence electrons. The highest BCUT2D eigenvalue weighted by Gasteiger charge is 2.45. The molecule has 1 N–H and O–H groups in total. The van der Waals surface area contributed by atoms with E-state index >= 15 is 0 Å². The number of hydrogen-bond acceptors (Lipinski definition) is 6. The number of methoxy groups -OCH3 is 1. The maximum absolute atomic E-state index is 13.4. The number of nitrogens with zero attached hydrogens (tertiary/aromatic N) is 1. The van der Waals surface area contributed by atoms with Crippen LogP contribution in [0, 0.1) is 13.8 Å². The van der Waals surface area contributed by atoms with Gasteiger partial charge in [0.05, 0.1) is 30.2 Å². The van der Waals surface area contributed by atoms with Gasteiger partial charge < -0.3 is 14.6 Å². The largest absolute Gasteiger partial charge is 0.503 e. The molecular formula is C26H25NO5S. The van der Waals surface area contributed by atoms with E-state index in [1.807, 2.05) is 39.0 Å². The molecule has 1 unspecified atom stereocenters. The molecule has 0 saturated heterocycles. The van der Waals surface area contributed by atoms with Crippen LogP contribution in [0.2, 0.25) is 0 Å². The number of aliphatic hydroxyl groups excluding tert-OH is 1. The molecule has 0 radical (unpaired) electrons. The number of carbonyl (C=O) groups is 2. The number of thiophene rings is 1. The van der Waals surface area contributed by atoms with E-state index in [-0.39, 0.29) is 11.4 Å². The van der Waals surface area contributed by atoms with Crippen molar-refractivity contribution < 1.29 is 24.2 Å². The molecule has 7 heteroatoms. The third-order valence-electron chi connectivity index (χ3n) is 5.77. The van der Waals surface area contributed by atoms with Gasteiger partial charge in [-0.3, -0.25) is 14.5 Å². The SMILES string of the molecule is CCOc1cc(C2C(C(=O)c3cccs3)=C(O)C(=O)N2c2ccc(C)c(C)c2)ccc1OC. The van der Waals surface area contributed by atoms with Crippen molar-refractivity contribution in [2.45, 2.75) is 26.8 Å². The highest BCUT2D eigenvalue weighted by Crippen LogP contribution is 2.44. The number of Topliss-reactive ketones (excluding diaryl/α,β-unsaturated/α-hetero) is 1. The Kier molecular flexibility index (Phi) is 6.24. The zero-order valence-corrected chi connectivity index (χ0v) is 19.7. The molecule has 2 aromatic carbocycles. The number of anilines is 1. The molecule has 1 amide bonds. The highest BCUT2D eigenvalue weighted by molar-refractivity contribution is 7.12. The molecule has 4 rings (SSSR count). The minimum Gasteiger partial charge on any atom is -0.503 e. The van der Waals surface area contributed by atoms with Crippen LogP contribution in [0.1, 0.15) is 39.3 Å². The molecule has 1 aliphatic rings. The van der Waals surface area contributed by atoms with Gasteiger partial charge in [0.2, 0.25) is 5.78 Å². The molecule has 6 nitrogen and oxygen atoms in total. The fourth-order valence-corrected chi connectivity index (χ4v) is 4.64. The molecule has 1 atom stereocenters. The lowest BCUT2D eigenvalue weighted by atomic mass is 9.94. The first-order valence-electron chi connectivity index (χ1n) is 10.6. The summed E-state index contributed by atoms with van der Waals surface area (Å²) in [7, 11) is 1.55. The molecule has 1 aliphatic heterocycles. The lowest BCUT2D eigenvalue weighted by molar-refractivity contribution is -0.117. The smallest absolute Gasteiger partial charge is 0.294 e. The Hall–Kier alpha value is -3.58. The number of ether oxygens (including phenoxy) is 2. The quantitative estimate of drug-likeness (QED) is 0.465. The van der Waals surface area contributed by atoms with E-state index in [0.717, 1.165) is 11.1 Å². The first kappa shape index (κ1) is 22.6. The lowest BCUT2D eigenvalue weighted by Crippen LogP contribution is -2.31. The highest BCUT2D eigenvalue weighted by atomic mass is 32.1. The summed E-state index contributed by atoms with van der Waals surface area (Å²) in [6.45, 7) is 6.23. The number of aryl methyl sites for hydroxylation is 2. The fraction of sp³-hybridized carbons (Fsp3) is 0.231. The average Bonchev–Trinajstić information content (AvgIpc) is 3.43. The summed E-state index contributed by atoms with van der Waals surface area (Å²) in [6, 6.07) is 13.6. The fourth-order valence-electron chi connectivity index (χ4n) is 3.97. The molecule has 0 fully saturated rings. The average molecular weight is 464 g/mol. The zero-order valence-electron chi connectivity index (χ0n) is 18.9. The second-order valence-electron chi connectivity index (χ2n) is 7.76. The molecule has 1 aromatic heterocycles. The van der Waals surface area contributed by atoms with E-state index < -0.39 is 17.7 Å². The Morgan fingerprint density at radius 1 is 1.09 bits per heavy atom. The van der Waals surface area contributed by atoms with Crippen molar-refractivity contribution in [1.29, 1.82) is 0 Å². The molecule has 0 spiro atoms. The maximum Gasteiger partial charge on any atom is 0.294 e. The van der Waals surface area contributed by atoms with E-state index in [4.69, 9.17) is 9.47 Å². The van der Waals surface area contributed by atoms with E-state index in [2.05, 4.69) is 0 Å². The summed E-state index contributed by atoms with van der Waals surface area (Å²) >= 11 is 1.27. The number of ketones is 1. The van der Waals surface area contributed by atoms with Crippen LogP contribution in [0.4, 0.5) is 5.69 Å². The normalized spacial score (nSPS) is 15.8. The van der Waals surface area contributed by atoms with Crippen LogP contribution in [-0.2, 0) is 4.79 Å². The summed E-state index contributed by atoms with van der Waals surface area (Å²) < 4.78 is 11.1. The number of benzene rings is 2. The molecule has 33 heavy (non-hydrogen) atoms. The summed E-state index contributed by atoms with van der Waals surface area (Å²) in [5, 5.41) is 12.7. The second-order valence-corrected chi connectivity index (χ2v) is 8.71. The van der Waals surface area contributed by atoms with Crippen molar-refractivity contribution in [2.75, 3.05) is 18.6 Å². The van der Waals surface area contributed by atoms with Gasteiger partial charge in [0, 0.05) is 5.69 Å². The van der Waals surface area contributed by atoms with Gasteiger partial charge in [-0.25, -0.2) is 0 Å². The number of carbonyl (C=O) groups excluding carboxylic acids is 2. The van der Waals surface area contributed by atoms with Gasteiger partial charge in [-0.05, 0) is 73.2 Å². The summed E-state index contributed by atoms with van der Waals surface area (Å²) in [6.07, 6.45) is 0. The third-order valence-corrected chi connectivity index (χ3v) is 6.64. The van der Waals surface area contributed by atoms with Crippen LogP contribution in [0.15, 0.2) is 65.2 Å². The van der Waals surface area contributed by atoms with Gasteiger partial charge >= 0.3 is 0 Å². The molecule has 0 bridgehead atoms. The monoisotopic (exact) mass is 463 g/mol. The molecule has 3 aromatic rings. The molecule has 0 aliphatic carbocycles. The Balaban J connectivity index is 1.91. The third kappa shape index (κ3) is 4.00. The molecule has 2 heterocycles. The van der Waals surface area contributed by atoms with E-state index in [1.165, 1.54) is 16.2 Å². The summed E-state index contributed by atoms with van der Waals surface area (Å²) in [5.41, 5.74) is 3.36. The number of rotatable bonds is 7. The number of amides is 1. The minimum absolute atomic E-state index is 0.0493. The van der Waals surface area contributed by atoms with Crippen molar-refractivity contribution in [1.82, 2.24) is 0 Å². The van der Waals surface area contributed by atoms with Crippen molar-refractivity contribution >= 4 is 28.7 Å². The van der Waals surface area contributed by atoms with Crippen LogP contribution < -0.4 is 14.4 Å². The standard InChI is InChI=1S/C26H25NO5S/c1-5-32-20-14-17(9-11-19(20)31-4)23-22(24(28)21-7-6-12-33-21)25(29)26(30)27(23)18-10-8-15(2)16(3)13-18/h6-14,23,29H,5H2,1-4H3. The van der Waals surface area contributed by atoms with Gasteiger partial charge in [-0.2, -0.15) is 0 Å². The van der Waals surface area contributed by atoms with E-state index in [9.17, 15) is 14.7 Å². The van der Waals surface area contributed by atoms with Crippen molar-refractivity contribution in [3.05, 3.63) is 86.8 Å². The maximum atomic E-state index is 13.4. The minimum atomic E-state index is -0.820.